The second-order valence-electron chi connectivity index (χ2n) is 9.47. The van der Waals surface area contributed by atoms with Crippen LogP contribution in [0.1, 0.15) is 34.1 Å². The Kier molecular flexibility index (Phi) is 7.16. The van der Waals surface area contributed by atoms with Gasteiger partial charge in [0.25, 0.3) is 18.2 Å². The standard InChI is InChI=1S/C27H27ClF2N6O2/c1-17-14-22(36(34-17)16-23(29)30)25(37)33-20-9-13-35(15-19(20)18-6-3-2-4-7-18)26(38)27(28)10-5-8-21-24(27)32-12-11-31-21/h2-8,10-12,14,19-20,23,31H,9,13,15-16H2,1H3,(H,33,37)/t19-,20-,27?/m1/s1. The Morgan fingerprint density at radius 2 is 2.08 bits per heavy atom. The Bertz CT molecular complexity index is 1350. The van der Waals surface area contributed by atoms with Crippen molar-refractivity contribution in [3.8, 4) is 0 Å². The van der Waals surface area contributed by atoms with E-state index in [0.717, 1.165) is 10.2 Å². The molecule has 3 heterocycles. The molecule has 2 aromatic rings. The van der Waals surface area contributed by atoms with Crippen molar-refractivity contribution < 1.29 is 18.4 Å². The first-order valence-electron chi connectivity index (χ1n) is 12.3. The predicted octanol–water partition coefficient (Wildman–Crippen LogP) is 3.52. The lowest BCUT2D eigenvalue weighted by Crippen LogP contribution is -2.57. The highest BCUT2D eigenvalue weighted by Gasteiger charge is 2.47. The average Bonchev–Trinajstić information content (AvgIpc) is 3.28. The molecule has 198 valence electrons. The third kappa shape index (κ3) is 5.00. The number of fused-ring (bicyclic) bond motifs is 1. The smallest absolute Gasteiger partial charge is 0.269 e. The van der Waals surface area contributed by atoms with Crippen LogP contribution in [0.25, 0.3) is 0 Å². The van der Waals surface area contributed by atoms with Crippen LogP contribution in [-0.2, 0) is 11.3 Å². The van der Waals surface area contributed by atoms with E-state index in [4.69, 9.17) is 11.6 Å². The van der Waals surface area contributed by atoms with Crippen LogP contribution in [0.15, 0.2) is 77.7 Å². The Morgan fingerprint density at radius 1 is 1.29 bits per heavy atom. The van der Waals surface area contributed by atoms with Crippen LogP contribution >= 0.6 is 11.6 Å². The molecule has 5 rings (SSSR count). The Morgan fingerprint density at radius 3 is 2.84 bits per heavy atom. The van der Waals surface area contributed by atoms with Crippen molar-refractivity contribution in [1.82, 2.24) is 25.3 Å². The summed E-state index contributed by atoms with van der Waals surface area (Å²) in [6, 6.07) is 10.7. The van der Waals surface area contributed by atoms with Crippen LogP contribution in [0.2, 0.25) is 0 Å². The number of hydrogen-bond acceptors (Lipinski definition) is 5. The summed E-state index contributed by atoms with van der Waals surface area (Å²) in [4.78, 5) is 31.6. The molecule has 1 aromatic heterocycles. The molecule has 1 aromatic carbocycles. The van der Waals surface area contributed by atoms with Crippen LogP contribution in [-0.4, -0.2) is 62.6 Å². The van der Waals surface area contributed by atoms with E-state index in [1.54, 1.807) is 36.4 Å². The van der Waals surface area contributed by atoms with E-state index in [2.05, 4.69) is 20.7 Å². The molecule has 2 amide bonds. The number of aromatic nitrogens is 2. The molecule has 0 bridgehead atoms. The van der Waals surface area contributed by atoms with Gasteiger partial charge in [-0.2, -0.15) is 5.10 Å². The fourth-order valence-electron chi connectivity index (χ4n) is 5.14. The highest BCUT2D eigenvalue weighted by Crippen LogP contribution is 2.34. The lowest BCUT2D eigenvalue weighted by atomic mass is 9.84. The van der Waals surface area contributed by atoms with Crippen LogP contribution < -0.4 is 10.6 Å². The lowest BCUT2D eigenvalue weighted by molar-refractivity contribution is -0.132. The predicted molar refractivity (Wildman–Crippen MR) is 140 cm³/mol. The van der Waals surface area contributed by atoms with Crippen molar-refractivity contribution in [1.29, 1.82) is 0 Å². The quantitative estimate of drug-likeness (QED) is 0.549. The number of rotatable bonds is 6. The highest BCUT2D eigenvalue weighted by atomic mass is 35.5. The maximum absolute atomic E-state index is 13.8. The molecular weight excluding hydrogens is 514 g/mol. The molecule has 11 heteroatoms. The number of halogens is 3. The molecule has 1 fully saturated rings. The second kappa shape index (κ2) is 10.5. The summed E-state index contributed by atoms with van der Waals surface area (Å²) in [5, 5.41) is 10.1. The molecule has 0 saturated carbocycles. The van der Waals surface area contributed by atoms with Crippen molar-refractivity contribution in [2.75, 3.05) is 13.1 Å². The first-order valence-corrected chi connectivity index (χ1v) is 12.7. The van der Waals surface area contributed by atoms with E-state index in [0.29, 0.717) is 36.6 Å². The summed E-state index contributed by atoms with van der Waals surface area (Å²) in [6.07, 6.45) is 6.22. The molecule has 0 spiro atoms. The average molecular weight is 541 g/mol. The maximum atomic E-state index is 13.8. The summed E-state index contributed by atoms with van der Waals surface area (Å²) >= 11 is 6.92. The van der Waals surface area contributed by atoms with E-state index < -0.39 is 23.8 Å². The number of nitrogens with zero attached hydrogens (tertiary/aromatic N) is 4. The molecule has 1 aliphatic carbocycles. The van der Waals surface area contributed by atoms with Crippen molar-refractivity contribution in [2.24, 2.45) is 4.99 Å². The zero-order valence-corrected chi connectivity index (χ0v) is 21.4. The molecular formula is C27H27ClF2N6O2. The summed E-state index contributed by atoms with van der Waals surface area (Å²) < 4.78 is 27.2. The van der Waals surface area contributed by atoms with Gasteiger partial charge < -0.3 is 15.5 Å². The van der Waals surface area contributed by atoms with E-state index in [9.17, 15) is 18.4 Å². The van der Waals surface area contributed by atoms with Gasteiger partial charge in [-0.05, 0) is 37.1 Å². The van der Waals surface area contributed by atoms with Gasteiger partial charge in [-0.15, -0.1) is 0 Å². The van der Waals surface area contributed by atoms with Crippen molar-refractivity contribution in [3.05, 3.63) is 89.7 Å². The fourth-order valence-corrected chi connectivity index (χ4v) is 5.48. The third-order valence-electron chi connectivity index (χ3n) is 6.91. The molecule has 38 heavy (non-hydrogen) atoms. The summed E-state index contributed by atoms with van der Waals surface area (Å²) in [5.74, 6) is -1.03. The summed E-state index contributed by atoms with van der Waals surface area (Å²) in [7, 11) is 0. The minimum atomic E-state index is -2.64. The number of carbonyl (C=O) groups excluding carboxylic acids is 2. The maximum Gasteiger partial charge on any atom is 0.269 e. The number of nitrogens with one attached hydrogen (secondary N) is 2. The van der Waals surface area contributed by atoms with Gasteiger partial charge in [0.15, 0.2) is 4.87 Å². The highest BCUT2D eigenvalue weighted by molar-refractivity contribution is 6.51. The van der Waals surface area contributed by atoms with Gasteiger partial charge >= 0.3 is 0 Å². The topological polar surface area (TPSA) is 91.6 Å². The molecule has 8 nitrogen and oxygen atoms in total. The monoisotopic (exact) mass is 540 g/mol. The number of alkyl halides is 3. The van der Waals surface area contributed by atoms with Gasteiger partial charge in [0.1, 0.15) is 12.2 Å². The number of carbonyl (C=O) groups is 2. The van der Waals surface area contributed by atoms with E-state index in [-0.39, 0.29) is 23.6 Å². The van der Waals surface area contributed by atoms with E-state index >= 15 is 0 Å². The Hall–Kier alpha value is -3.79. The number of hydrogen-bond donors (Lipinski definition) is 2. The van der Waals surface area contributed by atoms with Crippen molar-refractivity contribution >= 4 is 29.1 Å². The van der Waals surface area contributed by atoms with Gasteiger partial charge in [0.05, 0.1) is 17.1 Å². The third-order valence-corrected chi connectivity index (χ3v) is 7.37. The molecule has 2 aliphatic heterocycles. The number of aliphatic imine (C=N–C) groups is 1. The molecule has 0 radical (unpaired) electrons. The lowest BCUT2D eigenvalue weighted by Gasteiger charge is -2.42. The first kappa shape index (κ1) is 25.8. The van der Waals surface area contributed by atoms with Gasteiger partial charge in [0.2, 0.25) is 0 Å². The molecule has 2 N–H and O–H groups in total. The van der Waals surface area contributed by atoms with Crippen molar-refractivity contribution in [3.63, 3.8) is 0 Å². The first-order chi connectivity index (χ1) is 18.3. The van der Waals surface area contributed by atoms with Gasteiger partial charge in [0, 0.05) is 37.4 Å². The van der Waals surface area contributed by atoms with Crippen LogP contribution in [0.5, 0.6) is 0 Å². The largest absolute Gasteiger partial charge is 0.359 e. The second-order valence-corrected chi connectivity index (χ2v) is 10.1. The van der Waals surface area contributed by atoms with Crippen LogP contribution in [0, 0.1) is 6.92 Å². The van der Waals surface area contributed by atoms with Crippen molar-refractivity contribution in [2.45, 2.75) is 43.1 Å². The van der Waals surface area contributed by atoms with E-state index in [1.807, 2.05) is 36.4 Å². The zero-order valence-electron chi connectivity index (χ0n) is 20.7. The zero-order chi connectivity index (χ0) is 26.9. The fraction of sp³-hybridized carbons (Fsp3) is 0.333. The van der Waals surface area contributed by atoms with Gasteiger partial charge in [-0.3, -0.25) is 19.3 Å². The summed E-state index contributed by atoms with van der Waals surface area (Å²) in [6.45, 7) is 1.64. The minimum absolute atomic E-state index is 0.0790. The normalized spacial score (nSPS) is 24.4. The minimum Gasteiger partial charge on any atom is -0.359 e. The molecule has 1 saturated heterocycles. The van der Waals surface area contributed by atoms with E-state index in [1.165, 1.54) is 6.07 Å². The van der Waals surface area contributed by atoms with Crippen LogP contribution in [0.4, 0.5) is 8.78 Å². The number of piperidine rings is 1. The molecule has 3 aliphatic rings. The number of likely N-dealkylation sites (tertiary alicyclic amines) is 1. The van der Waals surface area contributed by atoms with Crippen LogP contribution in [0.3, 0.4) is 0 Å². The number of amides is 2. The summed E-state index contributed by atoms with van der Waals surface area (Å²) in [5.41, 5.74) is 2.59. The Labute approximate surface area is 223 Å². The van der Waals surface area contributed by atoms with Gasteiger partial charge in [-0.1, -0.05) is 48.0 Å². The SMILES string of the molecule is Cc1cc(C(=O)N[C@@H]2CCN(C(=O)C3(Cl)C=CC=C4NC=CN=C43)C[C@@H]2c2ccccc2)n(CC(F)F)n1. The number of aryl methyl sites for hydroxylation is 1. The number of benzene rings is 1. The van der Waals surface area contributed by atoms with Gasteiger partial charge in [-0.25, -0.2) is 8.78 Å². The molecule has 1 unspecified atom stereocenters. The number of allylic oxidation sites excluding steroid dienone is 3. The molecule has 3 atom stereocenters. The Balaban J connectivity index is 1.39.